The lowest BCUT2D eigenvalue weighted by molar-refractivity contribution is -0.138. The van der Waals surface area contributed by atoms with Crippen molar-refractivity contribution in [1.82, 2.24) is 15.5 Å². The van der Waals surface area contributed by atoms with E-state index in [4.69, 9.17) is 31.6 Å². The Morgan fingerprint density at radius 2 is 1.58 bits per heavy atom. The van der Waals surface area contributed by atoms with Crippen LogP contribution in [0.3, 0.4) is 0 Å². The smallest absolute Gasteiger partial charge is 0.246 e. The molecule has 0 bridgehead atoms. The molecule has 1 fully saturated rings. The van der Waals surface area contributed by atoms with Gasteiger partial charge in [0.2, 0.25) is 23.6 Å². The standard InChI is InChI=1S/C19H33N3O8S/c1-27-9-10-30-14-17(24)21-5-8-29-12-11-28-7-4-20-16(23)3-2-6-22-18(25)13-15(31)19(22)26/h15,31H,2-14H2,1H3,(H,20,23)(H,21,24)/p-1. The van der Waals surface area contributed by atoms with Crippen LogP contribution in [0.5, 0.6) is 0 Å². The van der Waals surface area contributed by atoms with Gasteiger partial charge in [-0.1, -0.05) is 5.25 Å². The highest BCUT2D eigenvalue weighted by atomic mass is 32.1. The van der Waals surface area contributed by atoms with Crippen molar-refractivity contribution < 1.29 is 38.1 Å². The van der Waals surface area contributed by atoms with Gasteiger partial charge in [-0.15, -0.1) is 0 Å². The minimum atomic E-state index is -0.674. The van der Waals surface area contributed by atoms with Crippen molar-refractivity contribution in [3.63, 3.8) is 0 Å². The molecule has 2 N–H and O–H groups in total. The second-order valence-corrected chi connectivity index (χ2v) is 7.22. The lowest BCUT2D eigenvalue weighted by atomic mass is 10.3. The Kier molecular flexibility index (Phi) is 14.9. The van der Waals surface area contributed by atoms with Crippen molar-refractivity contribution in [3.8, 4) is 0 Å². The average Bonchev–Trinajstić information content (AvgIpc) is 2.98. The number of likely N-dealkylation sites (tertiary alicyclic amines) is 1. The number of rotatable bonds is 18. The molecule has 1 heterocycles. The van der Waals surface area contributed by atoms with Gasteiger partial charge in [-0.2, -0.15) is 0 Å². The topological polar surface area (TPSA) is 132 Å². The zero-order valence-corrected chi connectivity index (χ0v) is 18.7. The predicted octanol–water partition coefficient (Wildman–Crippen LogP) is -1.63. The van der Waals surface area contributed by atoms with Gasteiger partial charge in [0.05, 0.1) is 39.6 Å². The number of nitrogens with zero attached hydrogens (tertiary/aromatic N) is 1. The van der Waals surface area contributed by atoms with Crippen LogP contribution in [-0.2, 0) is 50.8 Å². The summed E-state index contributed by atoms with van der Waals surface area (Å²) in [5, 5.41) is 4.69. The maximum Gasteiger partial charge on any atom is 0.246 e. The largest absolute Gasteiger partial charge is 0.779 e. The molecule has 1 aliphatic heterocycles. The highest BCUT2D eigenvalue weighted by molar-refractivity contribution is 7.60. The third-order valence-corrected chi connectivity index (χ3v) is 4.53. The summed E-state index contributed by atoms with van der Waals surface area (Å²) in [4.78, 5) is 47.6. The number of ether oxygens (including phenoxy) is 4. The van der Waals surface area contributed by atoms with Gasteiger partial charge >= 0.3 is 0 Å². The number of carbonyl (C=O) groups is 4. The van der Waals surface area contributed by atoms with Gasteiger partial charge in [0.15, 0.2) is 0 Å². The zero-order chi connectivity index (χ0) is 22.9. The van der Waals surface area contributed by atoms with Crippen molar-refractivity contribution in [2.75, 3.05) is 73.0 Å². The molecule has 178 valence electrons. The average molecular weight is 463 g/mol. The molecule has 12 heteroatoms. The fourth-order valence-corrected chi connectivity index (χ4v) is 2.85. The number of methoxy groups -OCH3 is 1. The van der Waals surface area contributed by atoms with Crippen LogP contribution >= 0.6 is 0 Å². The second-order valence-electron chi connectivity index (χ2n) is 6.65. The lowest BCUT2D eigenvalue weighted by Crippen LogP contribution is -2.33. The Morgan fingerprint density at radius 1 is 0.968 bits per heavy atom. The molecule has 1 rings (SSSR count). The van der Waals surface area contributed by atoms with Gasteiger partial charge in [-0.25, -0.2) is 0 Å². The van der Waals surface area contributed by atoms with E-state index < -0.39 is 5.25 Å². The van der Waals surface area contributed by atoms with Crippen molar-refractivity contribution in [1.29, 1.82) is 0 Å². The first-order chi connectivity index (χ1) is 15.0. The van der Waals surface area contributed by atoms with Crippen LogP contribution in [0.1, 0.15) is 19.3 Å². The summed E-state index contributed by atoms with van der Waals surface area (Å²) in [6, 6.07) is 0. The van der Waals surface area contributed by atoms with Gasteiger partial charge in [-0.05, 0) is 6.42 Å². The van der Waals surface area contributed by atoms with Crippen molar-refractivity contribution >= 4 is 36.3 Å². The summed E-state index contributed by atoms with van der Waals surface area (Å²) in [6.45, 7) is 3.19. The molecule has 0 spiro atoms. The predicted molar refractivity (Wildman–Crippen MR) is 112 cm³/mol. The molecule has 0 radical (unpaired) electrons. The Morgan fingerprint density at radius 3 is 2.16 bits per heavy atom. The number of hydrogen-bond acceptors (Lipinski definition) is 9. The van der Waals surface area contributed by atoms with E-state index in [2.05, 4.69) is 10.6 Å². The first kappa shape index (κ1) is 27.3. The molecule has 11 nitrogen and oxygen atoms in total. The Labute approximate surface area is 187 Å². The summed E-state index contributed by atoms with van der Waals surface area (Å²) in [6.07, 6.45) is 0.682. The van der Waals surface area contributed by atoms with Gasteiger partial charge in [0.25, 0.3) is 0 Å². The van der Waals surface area contributed by atoms with E-state index in [0.29, 0.717) is 59.2 Å². The van der Waals surface area contributed by atoms with Crippen LogP contribution < -0.4 is 10.6 Å². The molecule has 1 saturated heterocycles. The van der Waals surface area contributed by atoms with Gasteiger partial charge in [0.1, 0.15) is 6.61 Å². The quantitative estimate of drug-likeness (QED) is 0.140. The maximum atomic E-state index is 11.8. The Bertz CT molecular complexity index is 578. The van der Waals surface area contributed by atoms with E-state index >= 15 is 0 Å². The van der Waals surface area contributed by atoms with E-state index in [1.807, 2.05) is 0 Å². The molecule has 1 aliphatic rings. The SMILES string of the molecule is COCCOCC(=O)NCCOCCOCCNC(=O)CCCN1C(=O)CC([S-])C1=O. The summed E-state index contributed by atoms with van der Waals surface area (Å²) in [5.74, 6) is -0.994. The van der Waals surface area contributed by atoms with Crippen molar-refractivity contribution in [2.45, 2.75) is 24.5 Å². The van der Waals surface area contributed by atoms with Crippen LogP contribution in [-0.4, -0.2) is 107 Å². The van der Waals surface area contributed by atoms with E-state index in [0.717, 1.165) is 4.90 Å². The summed E-state index contributed by atoms with van der Waals surface area (Å²) in [5.41, 5.74) is 0. The normalized spacial score (nSPS) is 16.1. The number of nitrogens with one attached hydrogen (secondary N) is 2. The van der Waals surface area contributed by atoms with E-state index in [9.17, 15) is 19.2 Å². The summed E-state index contributed by atoms with van der Waals surface area (Å²) in [7, 11) is 1.56. The third-order valence-electron chi connectivity index (χ3n) is 4.16. The number of amides is 4. The highest BCUT2D eigenvalue weighted by Crippen LogP contribution is 2.14. The molecule has 4 amide bonds. The van der Waals surface area contributed by atoms with Crippen molar-refractivity contribution in [3.05, 3.63) is 0 Å². The second kappa shape index (κ2) is 16.9. The Hall–Kier alpha value is -1.73. The molecule has 0 aromatic heterocycles. The number of imide groups is 1. The van der Waals surface area contributed by atoms with Gasteiger partial charge < -0.3 is 42.2 Å². The van der Waals surface area contributed by atoms with Crippen LogP contribution in [0.15, 0.2) is 0 Å². The first-order valence-corrected chi connectivity index (χ1v) is 10.7. The van der Waals surface area contributed by atoms with Gasteiger partial charge in [0, 0.05) is 39.6 Å². The molecular formula is C19H32N3O8S-. The maximum absolute atomic E-state index is 11.8. The fraction of sp³-hybridized carbons (Fsp3) is 0.789. The fourth-order valence-electron chi connectivity index (χ4n) is 2.58. The van der Waals surface area contributed by atoms with Crippen LogP contribution in [0, 0.1) is 0 Å². The van der Waals surface area contributed by atoms with Crippen LogP contribution in [0.2, 0.25) is 0 Å². The first-order valence-electron chi connectivity index (χ1n) is 10.2. The van der Waals surface area contributed by atoms with E-state index in [-0.39, 0.29) is 49.6 Å². The molecule has 0 aliphatic carbocycles. The van der Waals surface area contributed by atoms with Crippen LogP contribution in [0.4, 0.5) is 0 Å². The lowest BCUT2D eigenvalue weighted by Gasteiger charge is -2.16. The van der Waals surface area contributed by atoms with Crippen LogP contribution in [0.25, 0.3) is 0 Å². The summed E-state index contributed by atoms with van der Waals surface area (Å²) >= 11 is 4.90. The van der Waals surface area contributed by atoms with E-state index in [1.165, 1.54) is 0 Å². The van der Waals surface area contributed by atoms with Gasteiger partial charge in [-0.3, -0.25) is 24.1 Å². The Balaban J connectivity index is 1.86. The molecule has 0 aromatic rings. The number of hydrogen-bond donors (Lipinski definition) is 2. The number of carbonyl (C=O) groups excluding carboxylic acids is 4. The zero-order valence-electron chi connectivity index (χ0n) is 17.9. The van der Waals surface area contributed by atoms with E-state index in [1.54, 1.807) is 7.11 Å². The molecule has 0 aromatic carbocycles. The molecule has 0 saturated carbocycles. The minimum absolute atomic E-state index is 0.0122. The third kappa shape index (κ3) is 12.7. The monoisotopic (exact) mass is 462 g/mol. The molecule has 1 atom stereocenters. The summed E-state index contributed by atoms with van der Waals surface area (Å²) < 4.78 is 20.6. The highest BCUT2D eigenvalue weighted by Gasteiger charge is 2.30. The van der Waals surface area contributed by atoms with Crippen molar-refractivity contribution in [2.24, 2.45) is 0 Å². The minimum Gasteiger partial charge on any atom is -0.779 e. The molecule has 1 unspecified atom stereocenters. The molecular weight excluding hydrogens is 430 g/mol. The molecule has 31 heavy (non-hydrogen) atoms.